The van der Waals surface area contributed by atoms with Gasteiger partial charge in [0.1, 0.15) is 0 Å². The summed E-state index contributed by atoms with van der Waals surface area (Å²) in [6, 6.07) is 16.5. The van der Waals surface area contributed by atoms with Gasteiger partial charge in [-0.1, -0.05) is 45.4 Å². The van der Waals surface area contributed by atoms with E-state index in [1.165, 1.54) is 18.5 Å². The van der Waals surface area contributed by atoms with Gasteiger partial charge >= 0.3 is 0 Å². The van der Waals surface area contributed by atoms with Gasteiger partial charge in [-0.25, -0.2) is 0 Å². The van der Waals surface area contributed by atoms with Crippen molar-refractivity contribution in [2.24, 2.45) is 5.92 Å². The lowest BCUT2D eigenvalue weighted by Crippen LogP contribution is -2.43. The molecule has 35 heavy (non-hydrogen) atoms. The quantitative estimate of drug-likeness (QED) is 0.447. The van der Waals surface area contributed by atoms with Crippen LogP contribution >= 0.6 is 15.9 Å². The third-order valence-corrected chi connectivity index (χ3v) is 7.50. The summed E-state index contributed by atoms with van der Waals surface area (Å²) in [5.41, 5.74) is 3.32. The Hall–Kier alpha value is -2.71. The summed E-state index contributed by atoms with van der Waals surface area (Å²) in [7, 11) is 0. The summed E-state index contributed by atoms with van der Waals surface area (Å²) >= 11 is 3.48. The maximum Gasteiger partial charge on any atom is 0.241 e. The van der Waals surface area contributed by atoms with Crippen molar-refractivity contribution in [3.8, 4) is 11.4 Å². The largest absolute Gasteiger partial charge is 0.372 e. The van der Waals surface area contributed by atoms with E-state index in [0.717, 1.165) is 48.1 Å². The fraction of sp³-hybridized carbons (Fsp3) is 0.444. The van der Waals surface area contributed by atoms with Crippen molar-refractivity contribution < 1.29 is 9.32 Å². The summed E-state index contributed by atoms with van der Waals surface area (Å²) in [4.78, 5) is 22.3. The molecule has 2 atom stereocenters. The highest BCUT2D eigenvalue weighted by Gasteiger charge is 2.28. The first kappa shape index (κ1) is 24.0. The Morgan fingerprint density at radius 1 is 1.14 bits per heavy atom. The van der Waals surface area contributed by atoms with E-state index in [9.17, 15) is 4.79 Å². The molecule has 184 valence electrons. The molecule has 3 aromatic rings. The molecule has 1 amide bonds. The molecule has 2 aliphatic rings. The minimum Gasteiger partial charge on any atom is -0.372 e. The number of nitrogens with one attached hydrogen (secondary N) is 1. The molecule has 0 spiro atoms. The van der Waals surface area contributed by atoms with Crippen LogP contribution in [0.5, 0.6) is 0 Å². The zero-order valence-corrected chi connectivity index (χ0v) is 21.7. The first-order valence-corrected chi connectivity index (χ1v) is 13.3. The number of likely N-dealkylation sites (tertiary alicyclic amines) is 1. The predicted octanol–water partition coefficient (Wildman–Crippen LogP) is 5.19. The van der Waals surface area contributed by atoms with Crippen molar-refractivity contribution in [3.05, 3.63) is 64.5 Å². The topological polar surface area (TPSA) is 74.5 Å². The lowest BCUT2D eigenvalue weighted by molar-refractivity contribution is -0.127. The number of aromatic nitrogens is 2. The van der Waals surface area contributed by atoms with Crippen LogP contribution in [0.1, 0.15) is 50.1 Å². The van der Waals surface area contributed by atoms with Crippen LogP contribution < -0.4 is 10.2 Å². The van der Waals surface area contributed by atoms with Crippen molar-refractivity contribution in [3.63, 3.8) is 0 Å². The Labute approximate surface area is 215 Å². The van der Waals surface area contributed by atoms with Gasteiger partial charge in [-0.3, -0.25) is 9.69 Å². The molecule has 2 fully saturated rings. The predicted molar refractivity (Wildman–Crippen MR) is 140 cm³/mol. The SMILES string of the molecule is CC(NC(=O)C1CCCN(Cc2nc(-c3cccc(Br)c3)no2)C1)c1ccc(N2CCCC2)cc1. The molecule has 1 aromatic heterocycles. The van der Waals surface area contributed by atoms with E-state index >= 15 is 0 Å². The second kappa shape index (κ2) is 10.9. The third kappa shape index (κ3) is 5.93. The number of benzene rings is 2. The fourth-order valence-corrected chi connectivity index (χ4v) is 5.43. The van der Waals surface area contributed by atoms with E-state index in [1.54, 1.807) is 0 Å². The average molecular weight is 538 g/mol. The lowest BCUT2D eigenvalue weighted by Gasteiger charge is -2.31. The maximum atomic E-state index is 13.1. The molecule has 2 aromatic carbocycles. The van der Waals surface area contributed by atoms with Crippen LogP contribution in [-0.2, 0) is 11.3 Å². The molecule has 0 aliphatic carbocycles. The standard InChI is InChI=1S/C27H32BrN5O2/c1-19(20-9-11-24(12-10-20)33-14-2-3-15-33)29-27(34)22-7-5-13-32(17-22)18-25-30-26(31-35-25)21-6-4-8-23(28)16-21/h4,6,8-12,16,19,22H,2-3,5,7,13-15,17-18H2,1H3,(H,29,34). The molecular weight excluding hydrogens is 506 g/mol. The van der Waals surface area contributed by atoms with Gasteiger partial charge in [0.2, 0.25) is 17.6 Å². The number of carbonyl (C=O) groups excluding carboxylic acids is 1. The molecule has 2 unspecified atom stereocenters. The van der Waals surface area contributed by atoms with Gasteiger partial charge in [0.05, 0.1) is 18.5 Å². The third-order valence-electron chi connectivity index (χ3n) is 7.01. The molecular formula is C27H32BrN5O2. The highest BCUT2D eigenvalue weighted by Crippen LogP contribution is 2.25. The Morgan fingerprint density at radius 2 is 1.94 bits per heavy atom. The summed E-state index contributed by atoms with van der Waals surface area (Å²) in [5, 5.41) is 7.37. The molecule has 0 bridgehead atoms. The number of piperidine rings is 1. The van der Waals surface area contributed by atoms with E-state index in [1.807, 2.05) is 24.3 Å². The maximum absolute atomic E-state index is 13.1. The number of carbonyl (C=O) groups is 1. The minimum atomic E-state index is -0.0393. The normalized spacial score (nSPS) is 19.6. The molecule has 5 rings (SSSR count). The second-order valence-corrected chi connectivity index (χ2v) is 10.5. The van der Waals surface area contributed by atoms with Crippen molar-refractivity contribution in [1.29, 1.82) is 0 Å². The average Bonchev–Trinajstić information content (AvgIpc) is 3.57. The van der Waals surface area contributed by atoms with Gasteiger partial charge < -0.3 is 14.7 Å². The Morgan fingerprint density at radius 3 is 2.71 bits per heavy atom. The van der Waals surface area contributed by atoms with E-state index in [0.29, 0.717) is 24.8 Å². The van der Waals surface area contributed by atoms with Gasteiger partial charge in [0.25, 0.3) is 0 Å². The van der Waals surface area contributed by atoms with Crippen molar-refractivity contribution >= 4 is 27.5 Å². The van der Waals surface area contributed by atoms with Crippen molar-refractivity contribution in [2.75, 3.05) is 31.1 Å². The van der Waals surface area contributed by atoms with Crippen LogP contribution in [0.4, 0.5) is 5.69 Å². The van der Waals surface area contributed by atoms with Crippen LogP contribution in [0.2, 0.25) is 0 Å². The Balaban J connectivity index is 1.15. The monoisotopic (exact) mass is 537 g/mol. The zero-order chi connectivity index (χ0) is 24.2. The highest BCUT2D eigenvalue weighted by molar-refractivity contribution is 9.10. The number of anilines is 1. The second-order valence-electron chi connectivity index (χ2n) is 9.61. The van der Waals surface area contributed by atoms with Crippen LogP contribution in [0.25, 0.3) is 11.4 Å². The number of halogens is 1. The lowest BCUT2D eigenvalue weighted by atomic mass is 9.96. The van der Waals surface area contributed by atoms with Crippen molar-refractivity contribution in [1.82, 2.24) is 20.4 Å². The first-order chi connectivity index (χ1) is 17.0. The van der Waals surface area contributed by atoms with Crippen LogP contribution in [0, 0.1) is 5.92 Å². The molecule has 2 aliphatic heterocycles. The molecule has 8 heteroatoms. The molecule has 1 N–H and O–H groups in total. The van der Waals surface area contributed by atoms with E-state index in [2.05, 4.69) is 72.4 Å². The summed E-state index contributed by atoms with van der Waals surface area (Å²) < 4.78 is 6.48. The minimum absolute atomic E-state index is 0.0193. The summed E-state index contributed by atoms with van der Waals surface area (Å²) in [5.74, 6) is 1.23. The number of nitrogens with zero attached hydrogens (tertiary/aromatic N) is 4. The first-order valence-electron chi connectivity index (χ1n) is 12.5. The number of rotatable bonds is 7. The Kier molecular flexibility index (Phi) is 7.48. The number of hydrogen-bond donors (Lipinski definition) is 1. The molecule has 3 heterocycles. The van der Waals surface area contributed by atoms with Crippen LogP contribution in [0.3, 0.4) is 0 Å². The summed E-state index contributed by atoms with van der Waals surface area (Å²) in [6.45, 7) is 6.51. The fourth-order valence-electron chi connectivity index (χ4n) is 5.03. The zero-order valence-electron chi connectivity index (χ0n) is 20.1. The van der Waals surface area contributed by atoms with Gasteiger partial charge in [-0.2, -0.15) is 4.98 Å². The van der Waals surface area contributed by atoms with Gasteiger partial charge in [0, 0.05) is 35.4 Å². The number of amides is 1. The van der Waals surface area contributed by atoms with Crippen LogP contribution in [-0.4, -0.2) is 47.1 Å². The van der Waals surface area contributed by atoms with Gasteiger partial charge in [-0.05, 0) is 69.0 Å². The smallest absolute Gasteiger partial charge is 0.241 e. The molecule has 0 saturated carbocycles. The van der Waals surface area contributed by atoms with Gasteiger partial charge in [-0.15, -0.1) is 0 Å². The number of hydrogen-bond acceptors (Lipinski definition) is 6. The Bertz CT molecular complexity index is 1140. The van der Waals surface area contributed by atoms with Gasteiger partial charge in [0.15, 0.2) is 0 Å². The van der Waals surface area contributed by atoms with E-state index in [4.69, 9.17) is 4.52 Å². The molecule has 7 nitrogen and oxygen atoms in total. The van der Waals surface area contributed by atoms with E-state index in [-0.39, 0.29) is 17.9 Å². The summed E-state index contributed by atoms with van der Waals surface area (Å²) in [6.07, 6.45) is 4.41. The molecule has 2 saturated heterocycles. The van der Waals surface area contributed by atoms with Crippen LogP contribution in [0.15, 0.2) is 57.5 Å². The van der Waals surface area contributed by atoms with E-state index < -0.39 is 0 Å². The molecule has 0 radical (unpaired) electrons. The van der Waals surface area contributed by atoms with Crippen molar-refractivity contribution in [2.45, 2.75) is 45.2 Å². The highest BCUT2D eigenvalue weighted by atomic mass is 79.9.